The molecule has 0 aromatic heterocycles. The Labute approximate surface area is 113 Å². The molecule has 2 unspecified atom stereocenters. The highest BCUT2D eigenvalue weighted by atomic mass is 15.2. The molecule has 2 fully saturated rings. The Morgan fingerprint density at radius 1 is 1.33 bits per heavy atom. The maximum absolute atomic E-state index is 3.68. The van der Waals surface area contributed by atoms with E-state index in [1.165, 1.54) is 58.3 Å². The van der Waals surface area contributed by atoms with Crippen LogP contribution in [0.3, 0.4) is 0 Å². The van der Waals surface area contributed by atoms with Crippen LogP contribution in [0.15, 0.2) is 0 Å². The van der Waals surface area contributed by atoms with Gasteiger partial charge in [-0.15, -0.1) is 0 Å². The Morgan fingerprint density at radius 3 is 2.78 bits per heavy atom. The van der Waals surface area contributed by atoms with Crippen molar-refractivity contribution in [3.05, 3.63) is 0 Å². The molecule has 2 rings (SSSR count). The van der Waals surface area contributed by atoms with Gasteiger partial charge in [0.1, 0.15) is 0 Å². The minimum atomic E-state index is 0.711. The van der Waals surface area contributed by atoms with Gasteiger partial charge in [-0.3, -0.25) is 4.90 Å². The van der Waals surface area contributed by atoms with Crippen LogP contribution in [0.25, 0.3) is 0 Å². The molecule has 3 nitrogen and oxygen atoms in total. The number of nitrogens with zero attached hydrogens (tertiary/aromatic N) is 2. The minimum Gasteiger partial charge on any atom is -0.313 e. The summed E-state index contributed by atoms with van der Waals surface area (Å²) in [5.41, 5.74) is 0. The first-order chi connectivity index (χ1) is 8.70. The average molecular weight is 253 g/mol. The van der Waals surface area contributed by atoms with Gasteiger partial charge in [0.25, 0.3) is 0 Å². The standard InChI is InChI=1S/C15H31N3/c1-4-9-16-14-6-5-10-18(12-14)11-13(2)17(3)15-7-8-15/h13-16H,4-12H2,1-3H3. The smallest absolute Gasteiger partial charge is 0.0195 e. The lowest BCUT2D eigenvalue weighted by molar-refractivity contribution is 0.132. The number of piperidine rings is 1. The van der Waals surface area contributed by atoms with E-state index in [2.05, 4.69) is 36.0 Å². The molecule has 2 atom stereocenters. The molecular formula is C15H31N3. The molecule has 0 spiro atoms. The van der Waals surface area contributed by atoms with Crippen LogP contribution in [0.5, 0.6) is 0 Å². The maximum Gasteiger partial charge on any atom is 0.0195 e. The molecule has 1 heterocycles. The van der Waals surface area contributed by atoms with Crippen molar-refractivity contribution in [2.24, 2.45) is 0 Å². The third-order valence-corrected chi connectivity index (χ3v) is 4.53. The van der Waals surface area contributed by atoms with Crippen molar-refractivity contribution in [2.75, 3.05) is 33.2 Å². The normalized spacial score (nSPS) is 27.7. The van der Waals surface area contributed by atoms with Crippen LogP contribution >= 0.6 is 0 Å². The molecule has 1 N–H and O–H groups in total. The van der Waals surface area contributed by atoms with Gasteiger partial charge in [0, 0.05) is 31.2 Å². The number of likely N-dealkylation sites (N-methyl/N-ethyl adjacent to an activating group) is 1. The van der Waals surface area contributed by atoms with Crippen molar-refractivity contribution in [1.29, 1.82) is 0 Å². The number of rotatable bonds is 7. The Kier molecular flexibility index (Phi) is 5.46. The first-order valence-electron chi connectivity index (χ1n) is 7.88. The third-order valence-electron chi connectivity index (χ3n) is 4.53. The molecule has 1 saturated carbocycles. The highest BCUT2D eigenvalue weighted by Gasteiger charge is 2.30. The molecule has 1 saturated heterocycles. The minimum absolute atomic E-state index is 0.711. The van der Waals surface area contributed by atoms with E-state index >= 15 is 0 Å². The second kappa shape index (κ2) is 6.88. The second-order valence-corrected chi connectivity index (χ2v) is 6.30. The van der Waals surface area contributed by atoms with Gasteiger partial charge in [-0.1, -0.05) is 6.92 Å². The largest absolute Gasteiger partial charge is 0.313 e. The van der Waals surface area contributed by atoms with E-state index in [0.717, 1.165) is 12.1 Å². The predicted octanol–water partition coefficient (Wildman–Crippen LogP) is 1.93. The number of hydrogen-bond acceptors (Lipinski definition) is 3. The molecular weight excluding hydrogens is 222 g/mol. The zero-order chi connectivity index (χ0) is 13.0. The van der Waals surface area contributed by atoms with Crippen LogP contribution in [0, 0.1) is 0 Å². The number of nitrogens with one attached hydrogen (secondary N) is 1. The SMILES string of the molecule is CCCNC1CCCN(CC(C)N(C)C2CC2)C1. The van der Waals surface area contributed by atoms with Crippen molar-refractivity contribution in [3.63, 3.8) is 0 Å². The van der Waals surface area contributed by atoms with Crippen LogP contribution in [-0.4, -0.2) is 61.2 Å². The summed E-state index contributed by atoms with van der Waals surface area (Å²) >= 11 is 0. The maximum atomic E-state index is 3.68. The van der Waals surface area contributed by atoms with E-state index in [9.17, 15) is 0 Å². The first-order valence-corrected chi connectivity index (χ1v) is 7.88. The van der Waals surface area contributed by atoms with Crippen molar-refractivity contribution < 1.29 is 0 Å². The molecule has 18 heavy (non-hydrogen) atoms. The van der Waals surface area contributed by atoms with E-state index in [-0.39, 0.29) is 0 Å². The molecule has 0 bridgehead atoms. The molecule has 0 radical (unpaired) electrons. The molecule has 1 aliphatic carbocycles. The molecule has 3 heteroatoms. The average Bonchev–Trinajstić information content (AvgIpc) is 3.20. The lowest BCUT2D eigenvalue weighted by Crippen LogP contribution is -2.50. The van der Waals surface area contributed by atoms with Gasteiger partial charge in [-0.05, 0) is 59.2 Å². The van der Waals surface area contributed by atoms with Gasteiger partial charge in [-0.2, -0.15) is 0 Å². The van der Waals surface area contributed by atoms with Gasteiger partial charge in [0.2, 0.25) is 0 Å². The van der Waals surface area contributed by atoms with Crippen molar-refractivity contribution in [3.8, 4) is 0 Å². The Balaban J connectivity index is 1.70. The fourth-order valence-corrected chi connectivity index (χ4v) is 3.08. The summed E-state index contributed by atoms with van der Waals surface area (Å²) in [7, 11) is 2.30. The fourth-order valence-electron chi connectivity index (χ4n) is 3.08. The van der Waals surface area contributed by atoms with Crippen molar-refractivity contribution in [2.45, 2.75) is 64.1 Å². The number of likely N-dealkylation sites (tertiary alicyclic amines) is 1. The fraction of sp³-hybridized carbons (Fsp3) is 1.00. The van der Waals surface area contributed by atoms with Gasteiger partial charge in [0.05, 0.1) is 0 Å². The van der Waals surface area contributed by atoms with Crippen LogP contribution in [-0.2, 0) is 0 Å². The summed E-state index contributed by atoms with van der Waals surface area (Å²) in [6.45, 7) is 9.62. The highest BCUT2D eigenvalue weighted by molar-refractivity contribution is 4.87. The topological polar surface area (TPSA) is 18.5 Å². The monoisotopic (exact) mass is 253 g/mol. The van der Waals surface area contributed by atoms with Crippen molar-refractivity contribution in [1.82, 2.24) is 15.1 Å². The summed E-state index contributed by atoms with van der Waals surface area (Å²) in [5, 5.41) is 3.68. The van der Waals surface area contributed by atoms with E-state index in [4.69, 9.17) is 0 Å². The van der Waals surface area contributed by atoms with Crippen molar-refractivity contribution >= 4 is 0 Å². The molecule has 0 aromatic rings. The zero-order valence-electron chi connectivity index (χ0n) is 12.5. The number of hydrogen-bond donors (Lipinski definition) is 1. The summed E-state index contributed by atoms with van der Waals surface area (Å²) in [6, 6.07) is 2.33. The molecule has 0 aromatic carbocycles. The van der Waals surface area contributed by atoms with Crippen LogP contribution < -0.4 is 5.32 Å². The van der Waals surface area contributed by atoms with Crippen LogP contribution in [0.1, 0.15) is 46.0 Å². The van der Waals surface area contributed by atoms with E-state index in [0.29, 0.717) is 6.04 Å². The summed E-state index contributed by atoms with van der Waals surface area (Å²) in [4.78, 5) is 5.25. The lowest BCUT2D eigenvalue weighted by atomic mass is 10.0. The van der Waals surface area contributed by atoms with Gasteiger partial charge < -0.3 is 10.2 Å². The summed E-state index contributed by atoms with van der Waals surface area (Å²) in [5.74, 6) is 0. The predicted molar refractivity (Wildman–Crippen MR) is 78.0 cm³/mol. The summed E-state index contributed by atoms with van der Waals surface area (Å²) < 4.78 is 0. The Bertz CT molecular complexity index is 240. The van der Waals surface area contributed by atoms with Gasteiger partial charge >= 0.3 is 0 Å². The Hall–Kier alpha value is -0.120. The second-order valence-electron chi connectivity index (χ2n) is 6.30. The lowest BCUT2D eigenvalue weighted by Gasteiger charge is -2.37. The van der Waals surface area contributed by atoms with E-state index in [1.807, 2.05) is 0 Å². The van der Waals surface area contributed by atoms with Gasteiger partial charge in [0.15, 0.2) is 0 Å². The van der Waals surface area contributed by atoms with Crippen LogP contribution in [0.4, 0.5) is 0 Å². The zero-order valence-corrected chi connectivity index (χ0v) is 12.5. The molecule has 0 amide bonds. The Morgan fingerprint density at radius 2 is 2.11 bits per heavy atom. The third kappa shape index (κ3) is 4.22. The van der Waals surface area contributed by atoms with E-state index in [1.54, 1.807) is 0 Å². The van der Waals surface area contributed by atoms with Crippen LogP contribution in [0.2, 0.25) is 0 Å². The molecule has 2 aliphatic rings. The first kappa shape index (κ1) is 14.3. The molecule has 1 aliphatic heterocycles. The highest BCUT2D eigenvalue weighted by Crippen LogP contribution is 2.27. The summed E-state index contributed by atoms with van der Waals surface area (Å²) in [6.07, 6.45) is 6.81. The van der Waals surface area contributed by atoms with E-state index < -0.39 is 0 Å². The quantitative estimate of drug-likeness (QED) is 0.748. The molecule has 106 valence electrons. The van der Waals surface area contributed by atoms with Gasteiger partial charge in [-0.25, -0.2) is 0 Å².